The summed E-state index contributed by atoms with van der Waals surface area (Å²) < 4.78 is 5.23. The van der Waals surface area contributed by atoms with Crippen molar-refractivity contribution in [3.8, 4) is 5.75 Å². The second kappa shape index (κ2) is 7.44. The Morgan fingerprint density at radius 2 is 2.25 bits per heavy atom. The number of benzene rings is 1. The van der Waals surface area contributed by atoms with E-state index in [0.717, 1.165) is 0 Å². The Balaban J connectivity index is 3.01. The number of nitrogens with one attached hydrogen (secondary N) is 1. The van der Waals surface area contributed by atoms with Gasteiger partial charge >= 0.3 is 5.69 Å². The summed E-state index contributed by atoms with van der Waals surface area (Å²) in [6.45, 7) is 3.92. The molecule has 0 aliphatic heterocycles. The number of amides is 1. The SMILES string of the molecule is CCOc1c(C(=O)NCC(C)CO)cccc1[N+](=O)[O-]. The van der Waals surface area contributed by atoms with Gasteiger partial charge in [-0.15, -0.1) is 0 Å². The molecule has 1 amide bonds. The van der Waals surface area contributed by atoms with Crippen molar-refractivity contribution < 1.29 is 19.6 Å². The molecule has 1 atom stereocenters. The van der Waals surface area contributed by atoms with Crippen LogP contribution in [0.15, 0.2) is 18.2 Å². The maximum absolute atomic E-state index is 12.0. The lowest BCUT2D eigenvalue weighted by Gasteiger charge is -2.12. The first-order valence-corrected chi connectivity index (χ1v) is 6.30. The third-order valence-electron chi connectivity index (χ3n) is 2.65. The lowest BCUT2D eigenvalue weighted by molar-refractivity contribution is -0.385. The molecule has 1 unspecified atom stereocenters. The van der Waals surface area contributed by atoms with Crippen LogP contribution in [0.4, 0.5) is 5.69 Å². The predicted octanol–water partition coefficient (Wildman–Crippen LogP) is 1.35. The Kier molecular flexibility index (Phi) is 5.92. The molecule has 2 N–H and O–H groups in total. The smallest absolute Gasteiger partial charge is 0.311 e. The van der Waals surface area contributed by atoms with Gasteiger partial charge in [0.2, 0.25) is 5.75 Å². The zero-order valence-electron chi connectivity index (χ0n) is 11.5. The number of hydrogen-bond donors (Lipinski definition) is 2. The van der Waals surface area contributed by atoms with Crippen molar-refractivity contribution in [1.29, 1.82) is 0 Å². The molecule has 0 saturated heterocycles. The predicted molar refractivity (Wildman–Crippen MR) is 72.8 cm³/mol. The Labute approximate surface area is 116 Å². The van der Waals surface area contributed by atoms with Crippen LogP contribution in [0.3, 0.4) is 0 Å². The van der Waals surface area contributed by atoms with Gasteiger partial charge in [0.15, 0.2) is 0 Å². The Bertz CT molecular complexity index is 490. The number of nitrogens with zero attached hydrogens (tertiary/aromatic N) is 1. The first-order valence-electron chi connectivity index (χ1n) is 6.30. The minimum Gasteiger partial charge on any atom is -0.487 e. The van der Waals surface area contributed by atoms with Crippen molar-refractivity contribution >= 4 is 11.6 Å². The summed E-state index contributed by atoms with van der Waals surface area (Å²) in [5, 5.41) is 22.5. The average Bonchev–Trinajstić information content (AvgIpc) is 2.44. The minimum atomic E-state index is -0.585. The molecule has 0 spiro atoms. The van der Waals surface area contributed by atoms with Crippen molar-refractivity contribution in [2.45, 2.75) is 13.8 Å². The van der Waals surface area contributed by atoms with Gasteiger partial charge in [0.25, 0.3) is 5.91 Å². The van der Waals surface area contributed by atoms with E-state index in [1.807, 2.05) is 0 Å². The number of para-hydroxylation sites is 1. The zero-order chi connectivity index (χ0) is 15.1. The summed E-state index contributed by atoms with van der Waals surface area (Å²) in [4.78, 5) is 22.4. The highest BCUT2D eigenvalue weighted by Crippen LogP contribution is 2.30. The van der Waals surface area contributed by atoms with Crippen LogP contribution in [-0.2, 0) is 0 Å². The maximum Gasteiger partial charge on any atom is 0.311 e. The van der Waals surface area contributed by atoms with Crippen LogP contribution >= 0.6 is 0 Å². The van der Waals surface area contributed by atoms with Crippen molar-refractivity contribution in [3.63, 3.8) is 0 Å². The lowest BCUT2D eigenvalue weighted by atomic mass is 10.1. The van der Waals surface area contributed by atoms with E-state index in [0.29, 0.717) is 0 Å². The number of rotatable bonds is 7. The van der Waals surface area contributed by atoms with Gasteiger partial charge in [0.1, 0.15) is 0 Å². The van der Waals surface area contributed by atoms with Gasteiger partial charge in [0.05, 0.1) is 17.1 Å². The summed E-state index contributed by atoms with van der Waals surface area (Å²) >= 11 is 0. The second-order valence-corrected chi connectivity index (χ2v) is 4.34. The average molecular weight is 282 g/mol. The van der Waals surface area contributed by atoms with Crippen LogP contribution in [0, 0.1) is 16.0 Å². The van der Waals surface area contributed by atoms with Crippen LogP contribution in [-0.4, -0.2) is 35.7 Å². The van der Waals surface area contributed by atoms with Crippen LogP contribution in [0.2, 0.25) is 0 Å². The van der Waals surface area contributed by atoms with Crippen LogP contribution in [0.5, 0.6) is 5.75 Å². The zero-order valence-corrected chi connectivity index (χ0v) is 11.5. The van der Waals surface area contributed by atoms with Gasteiger partial charge in [-0.25, -0.2) is 0 Å². The van der Waals surface area contributed by atoms with E-state index in [2.05, 4.69) is 5.32 Å². The van der Waals surface area contributed by atoms with E-state index in [1.54, 1.807) is 13.8 Å². The van der Waals surface area contributed by atoms with E-state index in [9.17, 15) is 14.9 Å². The van der Waals surface area contributed by atoms with Gasteiger partial charge in [-0.2, -0.15) is 0 Å². The largest absolute Gasteiger partial charge is 0.487 e. The molecule has 110 valence electrons. The summed E-state index contributed by atoms with van der Waals surface area (Å²) in [5.41, 5.74) is -0.124. The molecule has 0 heterocycles. The molecule has 0 aliphatic carbocycles. The summed E-state index contributed by atoms with van der Waals surface area (Å²) in [5.74, 6) is -0.584. The van der Waals surface area contributed by atoms with Crippen LogP contribution in [0.1, 0.15) is 24.2 Å². The van der Waals surface area contributed by atoms with E-state index >= 15 is 0 Å². The highest BCUT2D eigenvalue weighted by Gasteiger charge is 2.23. The number of hydrogen-bond acceptors (Lipinski definition) is 5. The Morgan fingerprint density at radius 3 is 2.80 bits per heavy atom. The number of nitro groups is 1. The first-order chi connectivity index (χ1) is 9.51. The molecule has 7 nitrogen and oxygen atoms in total. The molecular formula is C13H18N2O5. The van der Waals surface area contributed by atoms with Gasteiger partial charge < -0.3 is 15.2 Å². The summed E-state index contributed by atoms with van der Waals surface area (Å²) in [6, 6.07) is 4.19. The fraction of sp³-hybridized carbons (Fsp3) is 0.462. The standard InChI is InChI=1S/C13H18N2O5/c1-3-20-12-10(5-4-6-11(12)15(18)19)13(17)14-7-9(2)8-16/h4-6,9,16H,3,7-8H2,1-2H3,(H,14,17). The molecule has 0 fully saturated rings. The Hall–Kier alpha value is -2.15. The van der Waals surface area contributed by atoms with Gasteiger partial charge in [-0.1, -0.05) is 13.0 Å². The van der Waals surface area contributed by atoms with Crippen molar-refractivity contribution in [1.82, 2.24) is 5.32 Å². The van der Waals surface area contributed by atoms with E-state index in [4.69, 9.17) is 9.84 Å². The van der Waals surface area contributed by atoms with Gasteiger partial charge in [-0.05, 0) is 18.9 Å². The normalized spacial score (nSPS) is 11.8. The highest BCUT2D eigenvalue weighted by atomic mass is 16.6. The lowest BCUT2D eigenvalue weighted by Crippen LogP contribution is -2.30. The summed E-state index contributed by atoms with van der Waals surface area (Å²) in [7, 11) is 0. The maximum atomic E-state index is 12.0. The van der Waals surface area contributed by atoms with Crippen molar-refractivity contribution in [2.24, 2.45) is 5.92 Å². The van der Waals surface area contributed by atoms with Crippen LogP contribution in [0.25, 0.3) is 0 Å². The molecule has 0 aliphatic rings. The van der Waals surface area contributed by atoms with Crippen molar-refractivity contribution in [2.75, 3.05) is 19.8 Å². The van der Waals surface area contributed by atoms with Gasteiger partial charge in [0, 0.05) is 19.2 Å². The number of aliphatic hydroxyl groups is 1. The minimum absolute atomic E-state index is 0.0332. The monoisotopic (exact) mass is 282 g/mol. The van der Waals surface area contributed by atoms with Gasteiger partial charge in [-0.3, -0.25) is 14.9 Å². The highest BCUT2D eigenvalue weighted by molar-refractivity contribution is 5.98. The molecule has 1 aromatic rings. The number of carbonyl (C=O) groups excluding carboxylic acids is 1. The molecule has 0 aromatic heterocycles. The van der Waals surface area contributed by atoms with E-state index in [1.165, 1.54) is 18.2 Å². The fourth-order valence-electron chi connectivity index (χ4n) is 1.57. The molecule has 20 heavy (non-hydrogen) atoms. The number of nitro benzene ring substituents is 1. The van der Waals surface area contributed by atoms with Crippen molar-refractivity contribution in [3.05, 3.63) is 33.9 Å². The van der Waals surface area contributed by atoms with E-state index < -0.39 is 10.8 Å². The van der Waals surface area contributed by atoms with E-state index in [-0.39, 0.29) is 42.7 Å². The molecule has 0 radical (unpaired) electrons. The molecule has 1 aromatic carbocycles. The number of ether oxygens (including phenoxy) is 1. The van der Waals surface area contributed by atoms with Crippen LogP contribution < -0.4 is 10.1 Å². The molecule has 0 saturated carbocycles. The molecule has 0 bridgehead atoms. The third kappa shape index (κ3) is 3.92. The number of aliphatic hydroxyl groups excluding tert-OH is 1. The molecular weight excluding hydrogens is 264 g/mol. The topological polar surface area (TPSA) is 102 Å². The Morgan fingerprint density at radius 1 is 1.55 bits per heavy atom. The first kappa shape index (κ1) is 15.9. The molecule has 1 rings (SSSR count). The number of carbonyl (C=O) groups is 1. The molecule has 7 heteroatoms. The summed E-state index contributed by atoms with van der Waals surface area (Å²) in [6.07, 6.45) is 0. The quantitative estimate of drug-likeness (QED) is 0.580. The fourth-order valence-corrected chi connectivity index (χ4v) is 1.57. The third-order valence-corrected chi connectivity index (χ3v) is 2.65. The second-order valence-electron chi connectivity index (χ2n) is 4.34.